The van der Waals surface area contributed by atoms with Gasteiger partial charge in [-0.1, -0.05) is 0 Å². The molecule has 0 bridgehead atoms. The first-order valence-electron chi connectivity index (χ1n) is 3.58. The summed E-state index contributed by atoms with van der Waals surface area (Å²) in [5.41, 5.74) is 6.17. The highest BCUT2D eigenvalue weighted by molar-refractivity contribution is 5.61. The summed E-state index contributed by atoms with van der Waals surface area (Å²) in [4.78, 5) is 0. The van der Waals surface area contributed by atoms with Gasteiger partial charge in [0.2, 0.25) is 0 Å². The minimum atomic E-state index is -0.166. The number of benzene rings is 1. The fraction of sp³-hybridized carbons (Fsp3) is 0.111. The van der Waals surface area contributed by atoms with E-state index in [9.17, 15) is 5.11 Å². The number of aromatic hydroxyl groups is 1. The fourth-order valence-corrected chi connectivity index (χ4v) is 1.02. The third kappa shape index (κ3) is 1.52. The maximum Gasteiger partial charge on any atom is 0.144 e. The molecule has 0 saturated carbocycles. The van der Waals surface area contributed by atoms with Crippen molar-refractivity contribution < 1.29 is 5.11 Å². The highest BCUT2D eigenvalue weighted by Gasteiger charge is 2.09. The zero-order chi connectivity index (χ0) is 9.84. The van der Waals surface area contributed by atoms with Gasteiger partial charge in [-0.3, -0.25) is 0 Å². The predicted octanol–water partition coefficient (Wildman–Crippen LogP) is 0.912. The van der Waals surface area contributed by atoms with Crippen LogP contribution in [0.3, 0.4) is 0 Å². The molecule has 0 amide bonds. The van der Waals surface area contributed by atoms with Crippen LogP contribution < -0.4 is 5.73 Å². The number of nitriles is 2. The van der Waals surface area contributed by atoms with Gasteiger partial charge in [-0.15, -0.1) is 0 Å². The highest BCUT2D eigenvalue weighted by Crippen LogP contribution is 2.27. The molecule has 1 aromatic rings. The Morgan fingerprint density at radius 2 is 2.08 bits per heavy atom. The summed E-state index contributed by atoms with van der Waals surface area (Å²) in [5.74, 6) is -0.166. The van der Waals surface area contributed by atoms with Gasteiger partial charge >= 0.3 is 0 Å². The molecule has 64 valence electrons. The minimum absolute atomic E-state index is 0.0141. The minimum Gasteiger partial charge on any atom is -0.505 e. The van der Waals surface area contributed by atoms with E-state index in [1.165, 1.54) is 12.1 Å². The van der Waals surface area contributed by atoms with E-state index in [2.05, 4.69) is 0 Å². The summed E-state index contributed by atoms with van der Waals surface area (Å²) in [5, 5.41) is 26.5. The number of nitrogens with zero attached hydrogens (tertiary/aromatic N) is 2. The van der Waals surface area contributed by atoms with Crippen LogP contribution >= 0.6 is 0 Å². The molecule has 4 heteroatoms. The average molecular weight is 173 g/mol. The van der Waals surface area contributed by atoms with Crippen molar-refractivity contribution in [3.63, 3.8) is 0 Å². The van der Waals surface area contributed by atoms with Gasteiger partial charge in [0.25, 0.3) is 0 Å². The van der Waals surface area contributed by atoms with E-state index in [0.29, 0.717) is 5.56 Å². The Hall–Kier alpha value is -2.20. The van der Waals surface area contributed by atoms with E-state index in [1.807, 2.05) is 12.1 Å². The van der Waals surface area contributed by atoms with Crippen LogP contribution in [0.1, 0.15) is 11.1 Å². The van der Waals surface area contributed by atoms with Crippen molar-refractivity contribution in [3.05, 3.63) is 23.3 Å². The maximum atomic E-state index is 9.41. The summed E-state index contributed by atoms with van der Waals surface area (Å²) in [7, 11) is 0. The highest BCUT2D eigenvalue weighted by atomic mass is 16.3. The molecule has 0 unspecified atom stereocenters. The quantitative estimate of drug-likeness (QED) is 0.487. The van der Waals surface area contributed by atoms with Crippen molar-refractivity contribution in [1.29, 1.82) is 10.5 Å². The number of phenolic OH excluding ortho intramolecular Hbond substituents is 1. The van der Waals surface area contributed by atoms with Crippen LogP contribution in [0.4, 0.5) is 5.69 Å². The molecule has 0 spiro atoms. The standard InChI is InChI=1S/C9H7N3O/c10-4-3-7-6(5-11)1-2-8(12)9(7)13/h1-2,13H,3,12H2. The van der Waals surface area contributed by atoms with E-state index in [4.69, 9.17) is 16.3 Å². The summed E-state index contributed by atoms with van der Waals surface area (Å²) >= 11 is 0. The first kappa shape index (κ1) is 8.89. The lowest BCUT2D eigenvalue weighted by atomic mass is 10.0. The van der Waals surface area contributed by atoms with Crippen LogP contribution in [0.15, 0.2) is 12.1 Å². The Kier molecular flexibility index (Phi) is 2.37. The number of hydrogen-bond donors (Lipinski definition) is 2. The SMILES string of the molecule is N#CCc1c(C#N)ccc(N)c1O. The monoisotopic (exact) mass is 173 g/mol. The van der Waals surface area contributed by atoms with Gasteiger partial charge in [-0.05, 0) is 12.1 Å². The van der Waals surface area contributed by atoms with Crippen molar-refractivity contribution in [2.24, 2.45) is 0 Å². The number of anilines is 1. The molecule has 0 aliphatic heterocycles. The molecule has 0 saturated heterocycles. The summed E-state index contributed by atoms with van der Waals surface area (Å²) in [6, 6.07) is 6.67. The molecule has 4 nitrogen and oxygen atoms in total. The van der Waals surface area contributed by atoms with E-state index in [-0.39, 0.29) is 23.4 Å². The van der Waals surface area contributed by atoms with Crippen molar-refractivity contribution in [2.45, 2.75) is 6.42 Å². The molecule has 0 heterocycles. The lowest BCUT2D eigenvalue weighted by Crippen LogP contribution is -1.94. The first-order chi connectivity index (χ1) is 6.20. The van der Waals surface area contributed by atoms with Gasteiger partial charge in [0.1, 0.15) is 5.75 Å². The number of rotatable bonds is 1. The Labute approximate surface area is 75.4 Å². The Morgan fingerprint density at radius 3 is 2.62 bits per heavy atom. The molecule has 0 aromatic heterocycles. The topological polar surface area (TPSA) is 93.8 Å². The second-order valence-corrected chi connectivity index (χ2v) is 2.48. The molecule has 0 radical (unpaired) electrons. The molecule has 3 N–H and O–H groups in total. The van der Waals surface area contributed by atoms with Crippen LogP contribution in [0.2, 0.25) is 0 Å². The van der Waals surface area contributed by atoms with Crippen LogP contribution in [0.25, 0.3) is 0 Å². The Balaban J connectivity index is 3.36. The van der Waals surface area contributed by atoms with Crippen molar-refractivity contribution in [1.82, 2.24) is 0 Å². The van der Waals surface area contributed by atoms with E-state index < -0.39 is 0 Å². The van der Waals surface area contributed by atoms with E-state index in [0.717, 1.165) is 0 Å². The zero-order valence-corrected chi connectivity index (χ0v) is 6.78. The largest absolute Gasteiger partial charge is 0.505 e. The number of hydrogen-bond acceptors (Lipinski definition) is 4. The average Bonchev–Trinajstić information content (AvgIpc) is 2.14. The Morgan fingerprint density at radius 1 is 1.38 bits per heavy atom. The van der Waals surface area contributed by atoms with Gasteiger partial charge in [0.15, 0.2) is 0 Å². The summed E-state index contributed by atoms with van der Waals surface area (Å²) in [6.07, 6.45) is -0.0141. The number of phenols is 1. The van der Waals surface area contributed by atoms with Crippen molar-refractivity contribution >= 4 is 5.69 Å². The summed E-state index contributed by atoms with van der Waals surface area (Å²) < 4.78 is 0. The molecule has 1 rings (SSSR count). The molecule has 1 aromatic carbocycles. The zero-order valence-electron chi connectivity index (χ0n) is 6.78. The van der Waals surface area contributed by atoms with Gasteiger partial charge in [-0.25, -0.2) is 0 Å². The lowest BCUT2D eigenvalue weighted by Gasteiger charge is -2.04. The van der Waals surface area contributed by atoms with Crippen molar-refractivity contribution in [3.8, 4) is 17.9 Å². The summed E-state index contributed by atoms with van der Waals surface area (Å²) in [6.45, 7) is 0. The third-order valence-electron chi connectivity index (χ3n) is 1.69. The van der Waals surface area contributed by atoms with Gasteiger partial charge < -0.3 is 10.8 Å². The predicted molar refractivity (Wildman–Crippen MR) is 46.6 cm³/mol. The second kappa shape index (κ2) is 3.46. The fourth-order valence-electron chi connectivity index (χ4n) is 1.02. The molecular formula is C9H7N3O. The molecule has 0 aliphatic rings. The molecule has 0 aliphatic carbocycles. The van der Waals surface area contributed by atoms with E-state index in [1.54, 1.807) is 0 Å². The maximum absolute atomic E-state index is 9.41. The molecule has 0 atom stereocenters. The van der Waals surface area contributed by atoms with Crippen molar-refractivity contribution in [2.75, 3.05) is 5.73 Å². The van der Waals surface area contributed by atoms with E-state index >= 15 is 0 Å². The number of nitrogens with two attached hydrogens (primary N) is 1. The van der Waals surface area contributed by atoms with Crippen LogP contribution in [0, 0.1) is 22.7 Å². The Bertz CT molecular complexity index is 412. The number of nitrogen functional groups attached to an aromatic ring is 1. The van der Waals surface area contributed by atoms with Crippen LogP contribution in [0.5, 0.6) is 5.75 Å². The first-order valence-corrected chi connectivity index (χ1v) is 3.58. The molecular weight excluding hydrogens is 166 g/mol. The van der Waals surface area contributed by atoms with Crippen LogP contribution in [-0.2, 0) is 6.42 Å². The third-order valence-corrected chi connectivity index (χ3v) is 1.69. The van der Waals surface area contributed by atoms with Crippen LogP contribution in [-0.4, -0.2) is 5.11 Å². The molecule has 13 heavy (non-hydrogen) atoms. The van der Waals surface area contributed by atoms with Gasteiger partial charge in [0.05, 0.1) is 29.8 Å². The smallest absolute Gasteiger partial charge is 0.144 e. The van der Waals surface area contributed by atoms with Gasteiger partial charge in [-0.2, -0.15) is 10.5 Å². The second-order valence-electron chi connectivity index (χ2n) is 2.48. The van der Waals surface area contributed by atoms with Gasteiger partial charge in [0, 0.05) is 5.56 Å². The normalized spacial score (nSPS) is 8.77. The molecule has 0 fully saturated rings. The lowest BCUT2D eigenvalue weighted by molar-refractivity contribution is 0.472.